The van der Waals surface area contributed by atoms with E-state index >= 15 is 0 Å². The van der Waals surface area contributed by atoms with Gasteiger partial charge >= 0.3 is 11.9 Å². The van der Waals surface area contributed by atoms with Crippen LogP contribution in [0.1, 0.15) is 13.8 Å². The maximum atomic E-state index is 11.9. The van der Waals surface area contributed by atoms with Gasteiger partial charge in [-0.1, -0.05) is 13.2 Å². The summed E-state index contributed by atoms with van der Waals surface area (Å²) < 4.78 is 26.2. The van der Waals surface area contributed by atoms with Crippen molar-refractivity contribution in [3.63, 3.8) is 0 Å². The third kappa shape index (κ3) is 5.77. The lowest BCUT2D eigenvalue weighted by molar-refractivity contribution is -0.383. The van der Waals surface area contributed by atoms with Crippen molar-refractivity contribution < 1.29 is 63.9 Å². The van der Waals surface area contributed by atoms with Crippen molar-refractivity contribution in [3.05, 3.63) is 24.3 Å². The van der Waals surface area contributed by atoms with Crippen LogP contribution in [-0.2, 0) is 33.3 Å². The van der Waals surface area contributed by atoms with E-state index in [1.54, 1.807) is 0 Å². The van der Waals surface area contributed by atoms with Gasteiger partial charge in [-0.2, -0.15) is 0 Å². The molecule has 9 atom stereocenters. The summed E-state index contributed by atoms with van der Waals surface area (Å²) in [6, 6.07) is 0. The molecule has 0 aromatic heterocycles. The number of carbonyl (C=O) groups excluding carboxylic acids is 2. The highest BCUT2D eigenvalue weighted by Gasteiger charge is 2.59. The molecule has 0 spiro atoms. The zero-order chi connectivity index (χ0) is 25.1. The van der Waals surface area contributed by atoms with Gasteiger partial charge in [0.2, 0.25) is 5.79 Å². The third-order valence-electron chi connectivity index (χ3n) is 5.18. The normalized spacial score (nSPS) is 38.5. The number of aliphatic hydroxyl groups is 6. The summed E-state index contributed by atoms with van der Waals surface area (Å²) in [6.45, 7) is 7.19. The van der Waals surface area contributed by atoms with E-state index in [4.69, 9.17) is 23.7 Å². The summed E-state index contributed by atoms with van der Waals surface area (Å²) in [5.74, 6) is -4.09. The fraction of sp³-hybridized carbons (Fsp3) is 0.700. The van der Waals surface area contributed by atoms with Crippen molar-refractivity contribution in [2.75, 3.05) is 19.8 Å². The van der Waals surface area contributed by atoms with E-state index in [2.05, 4.69) is 13.2 Å². The zero-order valence-electron chi connectivity index (χ0n) is 18.2. The lowest BCUT2D eigenvalue weighted by Gasteiger charge is -2.44. The molecule has 0 bridgehead atoms. The molecule has 33 heavy (non-hydrogen) atoms. The number of hydrogen-bond donors (Lipinski definition) is 6. The van der Waals surface area contributed by atoms with Crippen LogP contribution >= 0.6 is 0 Å². The average Bonchev–Trinajstić information content (AvgIpc) is 3.01. The van der Waals surface area contributed by atoms with Gasteiger partial charge in [-0.05, 0) is 13.8 Å². The van der Waals surface area contributed by atoms with Crippen molar-refractivity contribution in [2.45, 2.75) is 68.7 Å². The minimum absolute atomic E-state index is 0.0319. The fourth-order valence-corrected chi connectivity index (χ4v) is 3.25. The van der Waals surface area contributed by atoms with Gasteiger partial charge in [-0.25, -0.2) is 9.59 Å². The lowest BCUT2D eigenvalue weighted by atomic mass is 9.98. The third-order valence-corrected chi connectivity index (χ3v) is 5.18. The molecule has 188 valence electrons. The SMILES string of the molecule is C=C(C)C(=O)OC[C@@H]1O[C@](CO)(O[C@H]2O[C@H](CO)[C@@H](O)[C@H](OC(=O)C(=C)C)[C@H]2O)[C@H](O)[C@H]1O. The van der Waals surface area contributed by atoms with Crippen LogP contribution in [0.3, 0.4) is 0 Å². The largest absolute Gasteiger partial charge is 0.459 e. The maximum absolute atomic E-state index is 11.9. The molecular weight excluding hydrogens is 448 g/mol. The Balaban J connectivity index is 2.21. The molecule has 2 fully saturated rings. The maximum Gasteiger partial charge on any atom is 0.333 e. The Bertz CT molecular complexity index is 754. The Morgan fingerprint density at radius 3 is 2.06 bits per heavy atom. The van der Waals surface area contributed by atoms with Crippen LogP contribution in [0, 0.1) is 0 Å². The number of carbonyl (C=O) groups is 2. The van der Waals surface area contributed by atoms with Crippen LogP contribution in [0.15, 0.2) is 24.3 Å². The molecule has 0 aromatic carbocycles. The van der Waals surface area contributed by atoms with Gasteiger partial charge in [0.05, 0.1) is 6.61 Å². The van der Waals surface area contributed by atoms with Gasteiger partial charge in [-0.15, -0.1) is 0 Å². The first-order chi connectivity index (χ1) is 15.4. The van der Waals surface area contributed by atoms with E-state index in [9.17, 15) is 40.2 Å². The van der Waals surface area contributed by atoms with Gasteiger partial charge in [-0.3, -0.25) is 0 Å². The summed E-state index contributed by atoms with van der Waals surface area (Å²) >= 11 is 0. The van der Waals surface area contributed by atoms with Crippen molar-refractivity contribution in [2.24, 2.45) is 0 Å². The molecule has 13 nitrogen and oxygen atoms in total. The Morgan fingerprint density at radius 2 is 1.55 bits per heavy atom. The first kappa shape index (κ1) is 27.3. The van der Waals surface area contributed by atoms with Gasteiger partial charge < -0.3 is 54.3 Å². The Kier molecular flexibility index (Phi) is 9.09. The van der Waals surface area contributed by atoms with Gasteiger partial charge in [0.15, 0.2) is 12.4 Å². The summed E-state index contributed by atoms with van der Waals surface area (Å²) in [5.41, 5.74) is 0.0472. The number of ether oxygens (including phenoxy) is 5. The zero-order valence-corrected chi connectivity index (χ0v) is 18.2. The molecule has 13 heteroatoms. The standard InChI is InChI=1S/C20H30O13/c1-8(2)17(27)29-6-11-13(24)16(26)20(7-22,32-11)33-19-14(25)15(31-18(28)9(3)4)12(23)10(5-21)30-19/h10-16,19,21-26H,1,3,5-7H2,2,4H3/t10-,11+,12-,13+,14-,15+,16-,19-,20-/m1/s1. The molecule has 0 aliphatic carbocycles. The molecule has 2 heterocycles. The molecular formula is C20H30O13. The summed E-state index contributed by atoms with van der Waals surface area (Å²) in [4.78, 5) is 23.5. The summed E-state index contributed by atoms with van der Waals surface area (Å²) in [5, 5.41) is 61.1. The Labute approximate surface area is 189 Å². The Hall–Kier alpha value is -1.94. The second-order valence-corrected chi connectivity index (χ2v) is 7.92. The van der Waals surface area contributed by atoms with E-state index in [0.717, 1.165) is 0 Å². The number of hydrogen-bond acceptors (Lipinski definition) is 13. The van der Waals surface area contributed by atoms with Crippen molar-refractivity contribution in [1.29, 1.82) is 0 Å². The summed E-state index contributed by atoms with van der Waals surface area (Å²) in [6.07, 6.45) is -13.3. The molecule has 0 saturated carbocycles. The number of rotatable bonds is 9. The predicted molar refractivity (Wildman–Crippen MR) is 106 cm³/mol. The van der Waals surface area contributed by atoms with Crippen molar-refractivity contribution >= 4 is 11.9 Å². The predicted octanol–water partition coefficient (Wildman–Crippen LogP) is -3.14. The fourth-order valence-electron chi connectivity index (χ4n) is 3.25. The number of aliphatic hydroxyl groups excluding tert-OH is 6. The van der Waals surface area contributed by atoms with E-state index in [-0.39, 0.29) is 11.1 Å². The molecule has 2 aliphatic rings. The summed E-state index contributed by atoms with van der Waals surface area (Å²) in [7, 11) is 0. The number of esters is 2. The first-order valence-electron chi connectivity index (χ1n) is 10.0. The smallest absolute Gasteiger partial charge is 0.333 e. The topological polar surface area (TPSA) is 202 Å². The molecule has 0 aromatic rings. The van der Waals surface area contributed by atoms with Crippen LogP contribution < -0.4 is 0 Å². The van der Waals surface area contributed by atoms with Crippen LogP contribution in [0.5, 0.6) is 0 Å². The van der Waals surface area contributed by atoms with Crippen molar-refractivity contribution in [1.82, 2.24) is 0 Å². The van der Waals surface area contributed by atoms with E-state index in [1.807, 2.05) is 0 Å². The van der Waals surface area contributed by atoms with Gasteiger partial charge in [0, 0.05) is 11.1 Å². The highest BCUT2D eigenvalue weighted by Crippen LogP contribution is 2.36. The monoisotopic (exact) mass is 478 g/mol. The average molecular weight is 478 g/mol. The minimum atomic E-state index is -2.36. The van der Waals surface area contributed by atoms with Crippen molar-refractivity contribution in [3.8, 4) is 0 Å². The molecule has 6 N–H and O–H groups in total. The van der Waals surface area contributed by atoms with Crippen LogP contribution in [0.2, 0.25) is 0 Å². The molecule has 0 amide bonds. The molecule has 0 radical (unpaired) electrons. The highest BCUT2D eigenvalue weighted by molar-refractivity contribution is 5.87. The van der Waals surface area contributed by atoms with E-state index in [1.165, 1.54) is 13.8 Å². The molecule has 2 saturated heterocycles. The molecule has 2 rings (SSSR count). The van der Waals surface area contributed by atoms with Crippen LogP contribution in [0.25, 0.3) is 0 Å². The Morgan fingerprint density at radius 1 is 0.939 bits per heavy atom. The second-order valence-electron chi connectivity index (χ2n) is 7.92. The van der Waals surface area contributed by atoms with Gasteiger partial charge in [0.1, 0.15) is 49.8 Å². The van der Waals surface area contributed by atoms with Crippen LogP contribution in [-0.4, -0.2) is 117 Å². The lowest BCUT2D eigenvalue weighted by Crippen LogP contribution is -2.63. The quantitative estimate of drug-likeness (QED) is 0.143. The molecule has 2 aliphatic heterocycles. The molecule has 0 unspecified atom stereocenters. The van der Waals surface area contributed by atoms with Gasteiger partial charge in [0.25, 0.3) is 0 Å². The van der Waals surface area contributed by atoms with E-state index in [0.29, 0.717) is 0 Å². The highest BCUT2D eigenvalue weighted by atomic mass is 16.8. The van der Waals surface area contributed by atoms with Crippen LogP contribution in [0.4, 0.5) is 0 Å². The second kappa shape index (κ2) is 11.0. The van der Waals surface area contributed by atoms with E-state index < -0.39 is 86.6 Å². The first-order valence-corrected chi connectivity index (χ1v) is 10.0. The minimum Gasteiger partial charge on any atom is -0.459 e.